The number of hydroxylamine groups is 2. The molecule has 274 valence electrons. The largest absolute Gasteiger partial charge is 0.471 e. The van der Waals surface area contributed by atoms with Crippen LogP contribution in [0.25, 0.3) is 11.0 Å². The van der Waals surface area contributed by atoms with Crippen molar-refractivity contribution in [2.45, 2.75) is 120 Å². The molecule has 2 saturated carbocycles. The third-order valence-corrected chi connectivity index (χ3v) is 12.5. The number of ether oxygens (including phenoxy) is 1. The van der Waals surface area contributed by atoms with Gasteiger partial charge in [-0.3, -0.25) is 23.9 Å². The van der Waals surface area contributed by atoms with E-state index in [4.69, 9.17) is 9.57 Å². The molecule has 2 aliphatic carbocycles. The molecule has 1 aromatic carbocycles. The number of hydrogen-bond donors (Lipinski definition) is 2. The van der Waals surface area contributed by atoms with E-state index in [1.165, 1.54) is 11.0 Å². The number of hydrogen-bond acceptors (Lipinski definition) is 10. The zero-order valence-corrected chi connectivity index (χ0v) is 30.0. The second-order valence-corrected chi connectivity index (χ2v) is 16.4. The van der Waals surface area contributed by atoms with Gasteiger partial charge in [0.1, 0.15) is 41.0 Å². The maximum Gasteiger partial charge on any atom is 0.259 e. The number of para-hydroxylation sites is 1. The predicted molar refractivity (Wildman–Crippen MR) is 185 cm³/mol. The molecule has 6 atom stereocenters. The SMILES string of the molecule is CCc1nc2cccc(F)c2nc1O[C@@H]1C[C@H]2C(=O)N[C@]3(C(=O)NS(=O)(=O)C4CC4)C[C@H]3/C=C\CCCCC[C@H](N3C=C(C)C(C)O3)C(=O)N2C1. The van der Waals surface area contributed by atoms with Gasteiger partial charge in [0.2, 0.25) is 27.7 Å². The van der Waals surface area contributed by atoms with Crippen molar-refractivity contribution in [1.82, 2.24) is 30.0 Å². The van der Waals surface area contributed by atoms with Crippen LogP contribution in [0.5, 0.6) is 5.88 Å². The lowest BCUT2D eigenvalue weighted by Crippen LogP contribution is -2.58. The van der Waals surface area contributed by atoms with E-state index < -0.39 is 62.5 Å². The smallest absolute Gasteiger partial charge is 0.259 e. The van der Waals surface area contributed by atoms with Gasteiger partial charge in [0.05, 0.1) is 17.3 Å². The summed E-state index contributed by atoms with van der Waals surface area (Å²) in [6.07, 6.45) is 10.1. The van der Waals surface area contributed by atoms with Gasteiger partial charge < -0.3 is 15.0 Å². The zero-order valence-electron chi connectivity index (χ0n) is 29.1. The van der Waals surface area contributed by atoms with Crippen molar-refractivity contribution in [3.8, 4) is 5.88 Å². The van der Waals surface area contributed by atoms with Crippen LogP contribution in [0.15, 0.2) is 42.1 Å². The van der Waals surface area contributed by atoms with Crippen LogP contribution in [0.2, 0.25) is 0 Å². The lowest BCUT2D eigenvalue weighted by atomic mass is 10.0. The number of benzene rings is 1. The Morgan fingerprint density at radius 1 is 1.16 bits per heavy atom. The van der Waals surface area contributed by atoms with E-state index in [2.05, 4.69) is 20.0 Å². The van der Waals surface area contributed by atoms with Crippen LogP contribution in [0.1, 0.15) is 84.3 Å². The highest BCUT2D eigenvalue weighted by Gasteiger charge is 2.62. The van der Waals surface area contributed by atoms with E-state index in [1.807, 2.05) is 39.1 Å². The summed E-state index contributed by atoms with van der Waals surface area (Å²) in [6.45, 7) is 5.73. The highest BCUT2D eigenvalue weighted by Crippen LogP contribution is 2.46. The molecule has 3 aliphatic heterocycles. The molecule has 3 amide bonds. The predicted octanol–water partition coefficient (Wildman–Crippen LogP) is 3.59. The number of rotatable bonds is 7. The van der Waals surface area contributed by atoms with Crippen LogP contribution in [-0.2, 0) is 35.7 Å². The van der Waals surface area contributed by atoms with Crippen molar-refractivity contribution in [1.29, 1.82) is 0 Å². The van der Waals surface area contributed by atoms with Gasteiger partial charge >= 0.3 is 0 Å². The van der Waals surface area contributed by atoms with Gasteiger partial charge in [-0.25, -0.2) is 27.8 Å². The Morgan fingerprint density at radius 3 is 2.69 bits per heavy atom. The molecule has 13 nitrogen and oxygen atoms in total. The number of allylic oxidation sites excluding steroid dienone is 1. The van der Waals surface area contributed by atoms with E-state index in [0.29, 0.717) is 36.9 Å². The number of aryl methyl sites for hydroxylation is 1. The van der Waals surface area contributed by atoms with E-state index in [9.17, 15) is 27.2 Å². The molecule has 1 aromatic heterocycles. The molecule has 4 heterocycles. The molecule has 5 aliphatic rings. The molecule has 2 aromatic rings. The summed E-state index contributed by atoms with van der Waals surface area (Å²) in [4.78, 5) is 59.3. The van der Waals surface area contributed by atoms with Crippen LogP contribution in [0.3, 0.4) is 0 Å². The lowest BCUT2D eigenvalue weighted by molar-refractivity contribution is -0.175. The quantitative estimate of drug-likeness (QED) is 0.404. The minimum Gasteiger partial charge on any atom is -0.471 e. The van der Waals surface area contributed by atoms with Crippen LogP contribution in [0, 0.1) is 11.7 Å². The number of fused-ring (bicyclic) bond motifs is 3. The van der Waals surface area contributed by atoms with Gasteiger partial charge in [0.15, 0.2) is 5.82 Å². The molecule has 3 fully saturated rings. The first kappa shape index (κ1) is 35.3. The summed E-state index contributed by atoms with van der Waals surface area (Å²) < 4.78 is 49.0. The van der Waals surface area contributed by atoms with Crippen molar-refractivity contribution < 1.29 is 36.8 Å². The Balaban J connectivity index is 1.21. The highest BCUT2D eigenvalue weighted by atomic mass is 32.2. The summed E-state index contributed by atoms with van der Waals surface area (Å²) in [6, 6.07) is 2.73. The molecule has 15 heteroatoms. The number of sulfonamides is 1. The third kappa shape index (κ3) is 7.06. The van der Waals surface area contributed by atoms with E-state index >= 15 is 0 Å². The summed E-state index contributed by atoms with van der Waals surface area (Å²) in [5, 5.41) is 3.87. The number of carbonyl (C=O) groups excluding carboxylic acids is 3. The van der Waals surface area contributed by atoms with Crippen molar-refractivity contribution in [2.24, 2.45) is 5.92 Å². The summed E-state index contributed by atoms with van der Waals surface area (Å²) in [5.74, 6) is -2.53. The van der Waals surface area contributed by atoms with Crippen LogP contribution in [-0.4, -0.2) is 87.7 Å². The van der Waals surface area contributed by atoms with Crippen LogP contribution in [0.4, 0.5) is 4.39 Å². The monoisotopic (exact) mass is 724 g/mol. The minimum atomic E-state index is -3.88. The fourth-order valence-electron chi connectivity index (χ4n) is 7.24. The van der Waals surface area contributed by atoms with Gasteiger partial charge in [-0.05, 0) is 76.5 Å². The standard InChI is InChI=1S/C36H45FN6O7S/c1-4-27-33(39-31-26(37)12-10-13-28(31)38-27)49-24-17-30-32(44)40-36(35(46)41-51(47,48)25-15-16-25)18-23(36)11-8-6-5-7-9-14-29(34(45)42(30)20-24)43-19-21(2)22(3)50-43/h8,10-13,19,22-25,29-30H,4-7,9,14-18,20H2,1-3H3,(H,40,44)(H,41,46)/b11-8-/t22?,23-,24-,29+,30+,36-/m1/s1. The maximum absolute atomic E-state index is 14.8. The fourth-order valence-corrected chi connectivity index (χ4v) is 8.61. The van der Waals surface area contributed by atoms with Crippen LogP contribution < -0.4 is 14.8 Å². The zero-order chi connectivity index (χ0) is 36.1. The maximum atomic E-state index is 14.8. The molecule has 7 rings (SSSR count). The Kier molecular flexibility index (Phi) is 9.54. The van der Waals surface area contributed by atoms with Crippen molar-refractivity contribution in [2.75, 3.05) is 6.54 Å². The van der Waals surface area contributed by atoms with Crippen molar-refractivity contribution in [3.63, 3.8) is 0 Å². The molecule has 0 radical (unpaired) electrons. The van der Waals surface area contributed by atoms with E-state index in [-0.39, 0.29) is 42.8 Å². The molecule has 2 N–H and O–H groups in total. The Bertz CT molecular complexity index is 1900. The van der Waals surface area contributed by atoms with E-state index in [0.717, 1.165) is 31.3 Å². The minimum absolute atomic E-state index is 0.0121. The lowest BCUT2D eigenvalue weighted by Gasteiger charge is -2.33. The molecule has 0 bridgehead atoms. The molecule has 1 saturated heterocycles. The first-order valence-corrected chi connectivity index (χ1v) is 19.5. The van der Waals surface area contributed by atoms with Crippen LogP contribution >= 0.6 is 0 Å². The third-order valence-electron chi connectivity index (χ3n) is 10.7. The van der Waals surface area contributed by atoms with Gasteiger partial charge in [-0.1, -0.05) is 38.0 Å². The summed E-state index contributed by atoms with van der Waals surface area (Å²) in [7, 11) is -3.88. The average Bonchev–Trinajstić information content (AvgIpc) is 4.00. The van der Waals surface area contributed by atoms with E-state index in [1.54, 1.807) is 17.2 Å². The normalized spacial score (nSPS) is 30.8. The first-order chi connectivity index (χ1) is 24.4. The van der Waals surface area contributed by atoms with Gasteiger partial charge in [-0.2, -0.15) is 0 Å². The Morgan fingerprint density at radius 2 is 1.96 bits per heavy atom. The number of halogens is 1. The number of nitrogens with zero attached hydrogens (tertiary/aromatic N) is 4. The topological polar surface area (TPSA) is 160 Å². The molecule has 51 heavy (non-hydrogen) atoms. The molecule has 0 spiro atoms. The second kappa shape index (κ2) is 13.8. The number of carbonyl (C=O) groups is 3. The molecule has 1 unspecified atom stereocenters. The summed E-state index contributed by atoms with van der Waals surface area (Å²) >= 11 is 0. The Hall–Kier alpha value is -4.11. The van der Waals surface area contributed by atoms with Gasteiger partial charge in [-0.15, -0.1) is 0 Å². The number of nitrogens with one attached hydrogen (secondary N) is 2. The highest BCUT2D eigenvalue weighted by molar-refractivity contribution is 7.91. The number of amides is 3. The van der Waals surface area contributed by atoms with Gasteiger partial charge in [0, 0.05) is 18.5 Å². The average molecular weight is 725 g/mol. The van der Waals surface area contributed by atoms with Crippen molar-refractivity contribution >= 4 is 38.8 Å². The second-order valence-electron chi connectivity index (χ2n) is 14.4. The van der Waals surface area contributed by atoms with Crippen molar-refractivity contribution in [3.05, 3.63) is 53.6 Å². The molecular weight excluding hydrogens is 679 g/mol. The summed E-state index contributed by atoms with van der Waals surface area (Å²) in [5.41, 5.74) is 0.428. The van der Waals surface area contributed by atoms with Gasteiger partial charge in [0.25, 0.3) is 5.91 Å². The first-order valence-electron chi connectivity index (χ1n) is 18.0. The Labute approximate surface area is 297 Å². The fraction of sp³-hybridized carbons (Fsp3) is 0.583. The number of aromatic nitrogens is 2. The molecular formula is C36H45FN6O7S.